The number of thiophene rings is 4. The van der Waals surface area contributed by atoms with Crippen LogP contribution in [0.4, 0.5) is 0 Å². The standard InChI is InChI=1S/C27H33N3O4S.C27H33N3O3S.C26H32N4O3S.C23H25N3O3S/c1-17(28-16-22(32)24-14-13-23(35-24)21(31)8-7-15-34-6)25-18(2)29-30(26(25)33)20-11-9-19(10-12-20)27(3,4)5;1-7-8-9-21(31)23-14-15-24(34-23)22(32)16-28-17(2)25-18(3)29-30(26(25)33)20-12-10-19(11-13-20)27(4,5)6;1-16(27-14-20(31)22-12-13-23(34-22)21(32)15-29(6)7)24-17(2)28-30(25(24)33)19-10-8-18(9-11-19)26(3,4)5;1-6-18(27)20-9-10-21(30-20)19(28)12-24-15(4)22-16(5)25-26(23(22)29)17-8-7-13(2)14(3)11-17/h9-14,29H,7-8,15-16H2,1-6H3;10-15,29H,7-9,16H2,1-6H3;8-13,28H,14-15H2,1-7H3;7-11,25H,6,12H2,1-5H3. The van der Waals surface area contributed by atoms with Crippen molar-refractivity contribution in [1.82, 2.24) is 44.0 Å². The first-order valence-electron chi connectivity index (χ1n) is 44.2. The lowest BCUT2D eigenvalue weighted by Gasteiger charge is -2.19. The molecule has 0 unspecified atom stereocenters. The number of unbranched alkanes of at least 4 members (excludes halogenated alkanes) is 1. The zero-order valence-corrected chi connectivity index (χ0v) is 84.0. The molecule has 0 aliphatic rings. The van der Waals surface area contributed by atoms with Gasteiger partial charge in [0.2, 0.25) is 0 Å². The third kappa shape index (κ3) is 27.0. The number of benzene rings is 4. The van der Waals surface area contributed by atoms with E-state index in [9.17, 15) is 57.5 Å². The van der Waals surface area contributed by atoms with Gasteiger partial charge in [-0.3, -0.25) is 97.9 Å². The second-order valence-corrected chi connectivity index (χ2v) is 40.4. The van der Waals surface area contributed by atoms with E-state index < -0.39 is 0 Å². The summed E-state index contributed by atoms with van der Waals surface area (Å²) in [7, 11) is 5.25. The fraction of sp³-hybridized carbons (Fsp3) is 0.379. The molecule has 30 heteroatoms. The van der Waals surface area contributed by atoms with Crippen molar-refractivity contribution in [3.8, 4) is 22.7 Å². The van der Waals surface area contributed by atoms with Crippen LogP contribution in [-0.4, -0.2) is 174 Å². The van der Waals surface area contributed by atoms with Crippen LogP contribution in [-0.2, 0) is 21.0 Å². The summed E-state index contributed by atoms with van der Waals surface area (Å²) in [5.41, 5.74) is 14.7. The van der Waals surface area contributed by atoms with Gasteiger partial charge < -0.3 is 9.64 Å². The van der Waals surface area contributed by atoms with Gasteiger partial charge in [0, 0.05) is 78.6 Å². The van der Waals surface area contributed by atoms with Crippen LogP contribution >= 0.6 is 45.3 Å². The van der Waals surface area contributed by atoms with Gasteiger partial charge in [0.15, 0.2) is 46.3 Å². The van der Waals surface area contributed by atoms with E-state index in [0.29, 0.717) is 146 Å². The molecule has 26 nitrogen and oxygen atoms in total. The van der Waals surface area contributed by atoms with Crippen LogP contribution < -0.4 is 22.2 Å². The van der Waals surface area contributed by atoms with E-state index in [4.69, 9.17) is 4.74 Å². The highest BCUT2D eigenvalue weighted by Gasteiger charge is 2.26. The Morgan fingerprint density at radius 1 is 0.346 bits per heavy atom. The molecule has 0 saturated heterocycles. The maximum atomic E-state index is 13.1. The number of carbonyl (C=O) groups excluding carboxylic acids is 8. The smallest absolute Gasteiger partial charge is 0.280 e. The lowest BCUT2D eigenvalue weighted by molar-refractivity contribution is 0.0955. The van der Waals surface area contributed by atoms with Gasteiger partial charge >= 0.3 is 0 Å². The molecule has 702 valence electrons. The Hall–Kier alpha value is -12.3. The number of ether oxygens (including phenoxy) is 1. The highest BCUT2D eigenvalue weighted by molar-refractivity contribution is 7.17. The average Bonchev–Trinajstić information content (AvgIpc) is 1.67. The molecule has 0 spiro atoms. The van der Waals surface area contributed by atoms with Crippen molar-refractivity contribution < 1.29 is 43.1 Å². The highest BCUT2D eigenvalue weighted by atomic mass is 32.1. The number of ketones is 8. The number of aromatic nitrogens is 8. The molecule has 8 aromatic heterocycles. The molecule has 4 aromatic carbocycles. The number of H-pyrrole nitrogens is 4. The maximum Gasteiger partial charge on any atom is 0.280 e. The average molecular weight is 1880 g/mol. The van der Waals surface area contributed by atoms with Crippen LogP contribution in [0.25, 0.3) is 22.7 Å². The van der Waals surface area contributed by atoms with Gasteiger partial charge in [-0.25, -0.2) is 18.7 Å². The molecule has 0 amide bonds. The van der Waals surface area contributed by atoms with Crippen LogP contribution in [0.15, 0.2) is 179 Å². The minimum atomic E-state index is -0.209. The molecule has 0 saturated carbocycles. The number of aromatic amines is 4. The summed E-state index contributed by atoms with van der Waals surface area (Å²) in [5.74, 6) is -0.616. The van der Waals surface area contributed by atoms with Gasteiger partial charge in [-0.05, 0) is 237 Å². The van der Waals surface area contributed by atoms with Crippen LogP contribution in [0.2, 0.25) is 0 Å². The number of nitrogens with zero attached hydrogens (tertiary/aromatic N) is 9. The molecule has 4 N–H and O–H groups in total. The topological polar surface area (TPSA) is 350 Å². The normalized spacial score (nSPS) is 12.2. The van der Waals surface area contributed by atoms with Crippen LogP contribution in [0.1, 0.15) is 293 Å². The summed E-state index contributed by atoms with van der Waals surface area (Å²) in [5, 5.41) is 12.5. The Kier molecular flexibility index (Phi) is 36.0. The third-order valence-electron chi connectivity index (χ3n) is 22.2. The first-order chi connectivity index (χ1) is 62.6. The van der Waals surface area contributed by atoms with E-state index in [1.54, 1.807) is 95.2 Å². The van der Waals surface area contributed by atoms with E-state index in [1.165, 1.54) is 80.8 Å². The number of aryl methyl sites for hydroxylation is 6. The monoisotopic (exact) mass is 1880 g/mol. The summed E-state index contributed by atoms with van der Waals surface area (Å²) in [6.07, 6.45) is 3.74. The van der Waals surface area contributed by atoms with Gasteiger partial charge in [-0.2, -0.15) is 0 Å². The molecule has 0 aliphatic heterocycles. The minimum absolute atomic E-state index is 0.00446. The van der Waals surface area contributed by atoms with E-state index >= 15 is 0 Å². The van der Waals surface area contributed by atoms with E-state index in [2.05, 4.69) is 103 Å². The highest BCUT2D eigenvalue weighted by Crippen LogP contribution is 2.29. The third-order valence-corrected chi connectivity index (χ3v) is 26.9. The van der Waals surface area contributed by atoms with Crippen molar-refractivity contribution in [3.05, 3.63) is 293 Å². The summed E-state index contributed by atoms with van der Waals surface area (Å²) in [4.78, 5) is 175. The second-order valence-electron chi connectivity index (χ2n) is 36.1. The Balaban J connectivity index is 0.000000200. The lowest BCUT2D eigenvalue weighted by atomic mass is 9.87. The number of likely N-dealkylation sites (N-methyl/N-ethyl adjacent to an activating group) is 1. The summed E-state index contributed by atoms with van der Waals surface area (Å²) >= 11 is 4.77. The Labute approximate surface area is 792 Å². The van der Waals surface area contributed by atoms with E-state index in [0.717, 1.165) is 46.7 Å². The predicted molar refractivity (Wildman–Crippen MR) is 540 cm³/mol. The molecule has 12 rings (SSSR count). The van der Waals surface area contributed by atoms with Crippen molar-refractivity contribution in [1.29, 1.82) is 0 Å². The summed E-state index contributed by atoms with van der Waals surface area (Å²) in [6.45, 7) is 41.9. The molecule has 12 aromatic rings. The van der Waals surface area contributed by atoms with Crippen molar-refractivity contribution in [2.45, 2.75) is 200 Å². The second kappa shape index (κ2) is 45.9. The fourth-order valence-corrected chi connectivity index (χ4v) is 17.9. The van der Waals surface area contributed by atoms with Crippen molar-refractivity contribution in [3.63, 3.8) is 0 Å². The van der Waals surface area contributed by atoms with Gasteiger partial charge in [0.1, 0.15) is 26.2 Å². The molecule has 0 fully saturated rings. The predicted octanol–water partition coefficient (Wildman–Crippen LogP) is 19.7. The van der Waals surface area contributed by atoms with E-state index in [-0.39, 0.29) is 111 Å². The first-order valence-corrected chi connectivity index (χ1v) is 47.4. The van der Waals surface area contributed by atoms with Crippen LogP contribution in [0.5, 0.6) is 0 Å². The van der Waals surface area contributed by atoms with E-state index in [1.807, 2.05) is 154 Å². The Morgan fingerprint density at radius 2 is 0.602 bits per heavy atom. The number of hydrogen-bond acceptors (Lipinski definition) is 22. The van der Waals surface area contributed by atoms with Gasteiger partial charge in [-0.15, -0.1) is 45.3 Å². The molecule has 133 heavy (non-hydrogen) atoms. The molecule has 0 radical (unpaired) electrons. The first kappa shape index (κ1) is 104. The number of methoxy groups -OCH3 is 1. The zero-order valence-electron chi connectivity index (χ0n) is 80.7. The molecular formula is C103H123N13O13S4. The minimum Gasteiger partial charge on any atom is -0.385 e. The molecule has 0 aliphatic carbocycles. The fourth-order valence-electron chi connectivity index (χ4n) is 14.3. The van der Waals surface area contributed by atoms with Crippen LogP contribution in [0, 0.1) is 41.5 Å². The van der Waals surface area contributed by atoms with Crippen molar-refractivity contribution in [2.24, 2.45) is 20.0 Å². The Morgan fingerprint density at radius 3 is 0.857 bits per heavy atom. The number of hydrogen-bond donors (Lipinski definition) is 4. The number of carbonyl (C=O) groups is 8. The maximum absolute atomic E-state index is 13.1. The van der Waals surface area contributed by atoms with Gasteiger partial charge in [0.05, 0.1) is 90.6 Å². The van der Waals surface area contributed by atoms with Gasteiger partial charge in [-0.1, -0.05) is 125 Å². The molecule has 8 heterocycles. The number of nitrogens with one attached hydrogen (secondary N) is 4. The zero-order chi connectivity index (χ0) is 98.0. The molecule has 0 bridgehead atoms. The Bertz CT molecular complexity index is 6640. The number of aliphatic imine (C=N–C) groups is 4. The van der Waals surface area contributed by atoms with Crippen molar-refractivity contribution in [2.75, 3.05) is 60.5 Å². The summed E-state index contributed by atoms with van der Waals surface area (Å²) < 4.78 is 11.0. The quantitative estimate of drug-likeness (QED) is 0.0165. The number of Topliss-reactive ketones (excluding diaryl/α,β-unsaturated/α-hetero) is 8. The largest absolute Gasteiger partial charge is 0.385 e. The molecular weight excluding hydrogens is 1760 g/mol. The van der Waals surface area contributed by atoms with Crippen molar-refractivity contribution >= 4 is 114 Å². The lowest BCUT2D eigenvalue weighted by Crippen LogP contribution is -2.20. The van der Waals surface area contributed by atoms with Crippen LogP contribution in [0.3, 0.4) is 0 Å². The van der Waals surface area contributed by atoms with Gasteiger partial charge in [0.25, 0.3) is 22.2 Å². The SMILES string of the molecule is CC(=NCC(=O)c1ccc(C(=O)CN(C)C)s1)c1c(C)[nH]n(-c2ccc(C(C)(C)C)cc2)c1=O.CCC(=O)c1ccc(C(=O)CN=C(C)c2c(C)[nH]n(-c3ccc(C)c(C)c3)c2=O)s1.CCCCC(=O)c1ccc(C(=O)CN=C(C)c2c(C)[nH]n(-c3ccc(C(C)(C)C)cc3)c2=O)s1.COCCCC(=O)c1ccc(C(=O)CN=C(C)c2c(C)[nH]n(-c3ccc(C(C)(C)C)cc3)c2=O)s1. The number of rotatable bonds is 34. The summed E-state index contributed by atoms with van der Waals surface area (Å²) in [6, 6.07) is 42.9. The molecule has 0 atom stereocenters.